The predicted octanol–water partition coefficient (Wildman–Crippen LogP) is 3.24. The van der Waals surface area contributed by atoms with Crippen LogP contribution in [0.5, 0.6) is 0 Å². The van der Waals surface area contributed by atoms with E-state index in [1.807, 2.05) is 30.3 Å². The molecule has 8 heteroatoms. The smallest absolute Gasteiger partial charge is 0.255 e. The van der Waals surface area contributed by atoms with E-state index in [9.17, 15) is 18.0 Å². The summed E-state index contributed by atoms with van der Waals surface area (Å²) in [6, 6.07) is 22.2. The molecule has 3 aromatic rings. The highest BCUT2D eigenvalue weighted by molar-refractivity contribution is 7.92. The Kier molecular flexibility index (Phi) is 6.48. The number of nitrogens with one attached hydrogen (secondary N) is 3. The standard InChI is InChI=1S/C22H21N3O4S/c1-30(28,29)25-18-13-11-17(12-14-18)21(26)24-20-10-6-5-9-19(20)22(27)23-15-16-7-3-2-4-8-16/h2-14,25H,15H2,1H3,(H,23,27)(H,24,26). The Morgan fingerprint density at radius 1 is 0.800 bits per heavy atom. The van der Waals surface area contributed by atoms with Gasteiger partial charge >= 0.3 is 0 Å². The Bertz CT molecular complexity index is 1140. The van der Waals surface area contributed by atoms with E-state index in [1.54, 1.807) is 24.3 Å². The van der Waals surface area contributed by atoms with Gasteiger partial charge in [0.1, 0.15) is 0 Å². The third-order valence-corrected chi connectivity index (χ3v) is 4.77. The highest BCUT2D eigenvalue weighted by Gasteiger charge is 2.14. The van der Waals surface area contributed by atoms with Crippen molar-refractivity contribution in [3.8, 4) is 0 Å². The highest BCUT2D eigenvalue weighted by Crippen LogP contribution is 2.18. The number of hydrogen-bond acceptors (Lipinski definition) is 4. The second kappa shape index (κ2) is 9.23. The van der Waals surface area contributed by atoms with Crippen molar-refractivity contribution in [2.75, 3.05) is 16.3 Å². The molecule has 0 saturated carbocycles. The number of benzene rings is 3. The molecule has 2 amide bonds. The van der Waals surface area contributed by atoms with Crippen molar-refractivity contribution < 1.29 is 18.0 Å². The van der Waals surface area contributed by atoms with Gasteiger partial charge in [-0.25, -0.2) is 8.42 Å². The summed E-state index contributed by atoms with van der Waals surface area (Å²) in [6.45, 7) is 0.372. The molecule has 30 heavy (non-hydrogen) atoms. The van der Waals surface area contributed by atoms with Crippen molar-refractivity contribution >= 4 is 33.2 Å². The summed E-state index contributed by atoms with van der Waals surface area (Å²) in [5, 5.41) is 5.58. The molecule has 0 heterocycles. The van der Waals surface area contributed by atoms with Gasteiger partial charge in [-0.15, -0.1) is 0 Å². The summed E-state index contributed by atoms with van der Waals surface area (Å²) in [6.07, 6.45) is 1.05. The molecular formula is C22H21N3O4S. The molecule has 0 spiro atoms. The van der Waals surface area contributed by atoms with Gasteiger partial charge in [0.05, 0.1) is 17.5 Å². The second-order valence-electron chi connectivity index (χ2n) is 6.62. The summed E-state index contributed by atoms with van der Waals surface area (Å²) in [7, 11) is -3.39. The summed E-state index contributed by atoms with van der Waals surface area (Å²) in [5.74, 6) is -0.716. The predicted molar refractivity (Wildman–Crippen MR) is 117 cm³/mol. The zero-order valence-electron chi connectivity index (χ0n) is 16.3. The maximum absolute atomic E-state index is 12.6. The molecule has 0 saturated heterocycles. The maximum Gasteiger partial charge on any atom is 0.255 e. The number of hydrogen-bond donors (Lipinski definition) is 3. The molecular weight excluding hydrogens is 402 g/mol. The van der Waals surface area contributed by atoms with Gasteiger partial charge < -0.3 is 10.6 Å². The van der Waals surface area contributed by atoms with Crippen LogP contribution in [0.2, 0.25) is 0 Å². The van der Waals surface area contributed by atoms with Crippen LogP contribution in [-0.2, 0) is 16.6 Å². The van der Waals surface area contributed by atoms with E-state index >= 15 is 0 Å². The number of carbonyl (C=O) groups is 2. The minimum absolute atomic E-state index is 0.303. The molecule has 0 atom stereocenters. The lowest BCUT2D eigenvalue weighted by Gasteiger charge is -2.12. The van der Waals surface area contributed by atoms with Gasteiger partial charge in [-0.3, -0.25) is 14.3 Å². The number of anilines is 2. The average Bonchev–Trinajstić information content (AvgIpc) is 2.72. The van der Waals surface area contributed by atoms with Crippen LogP contribution >= 0.6 is 0 Å². The van der Waals surface area contributed by atoms with Crippen LogP contribution in [0.15, 0.2) is 78.9 Å². The fourth-order valence-corrected chi connectivity index (χ4v) is 3.33. The molecule has 0 radical (unpaired) electrons. The van der Waals surface area contributed by atoms with E-state index < -0.39 is 15.9 Å². The summed E-state index contributed by atoms with van der Waals surface area (Å²) in [4.78, 5) is 25.2. The number of carbonyl (C=O) groups excluding carboxylic acids is 2. The SMILES string of the molecule is CS(=O)(=O)Nc1ccc(C(=O)Nc2ccccc2C(=O)NCc2ccccc2)cc1. The van der Waals surface area contributed by atoms with Crippen LogP contribution in [0.25, 0.3) is 0 Å². The molecule has 0 fully saturated rings. The van der Waals surface area contributed by atoms with Crippen LogP contribution in [0.4, 0.5) is 11.4 Å². The number of amides is 2. The van der Waals surface area contributed by atoms with E-state index in [0.29, 0.717) is 29.0 Å². The van der Waals surface area contributed by atoms with Crippen molar-refractivity contribution in [2.24, 2.45) is 0 Å². The van der Waals surface area contributed by atoms with E-state index in [1.165, 1.54) is 24.3 Å². The minimum Gasteiger partial charge on any atom is -0.348 e. The number of sulfonamides is 1. The van der Waals surface area contributed by atoms with Crippen molar-refractivity contribution in [1.82, 2.24) is 5.32 Å². The van der Waals surface area contributed by atoms with Crippen molar-refractivity contribution in [1.29, 1.82) is 0 Å². The lowest BCUT2D eigenvalue weighted by atomic mass is 10.1. The van der Waals surface area contributed by atoms with Crippen LogP contribution in [-0.4, -0.2) is 26.5 Å². The molecule has 7 nitrogen and oxygen atoms in total. The fourth-order valence-electron chi connectivity index (χ4n) is 2.76. The van der Waals surface area contributed by atoms with Crippen LogP contribution in [0.1, 0.15) is 26.3 Å². The maximum atomic E-state index is 12.6. The third-order valence-electron chi connectivity index (χ3n) is 4.17. The third kappa shape index (κ3) is 5.92. The second-order valence-corrected chi connectivity index (χ2v) is 8.37. The van der Waals surface area contributed by atoms with Gasteiger partial charge in [-0.1, -0.05) is 42.5 Å². The monoisotopic (exact) mass is 423 g/mol. The minimum atomic E-state index is -3.39. The Labute approximate surface area is 175 Å². The average molecular weight is 423 g/mol. The normalized spacial score (nSPS) is 10.8. The topological polar surface area (TPSA) is 104 Å². The summed E-state index contributed by atoms with van der Waals surface area (Å²) >= 11 is 0. The first-order valence-corrected chi connectivity index (χ1v) is 11.0. The quantitative estimate of drug-likeness (QED) is 0.543. The van der Waals surface area contributed by atoms with Gasteiger partial charge in [0.2, 0.25) is 10.0 Å². The van der Waals surface area contributed by atoms with E-state index in [-0.39, 0.29) is 5.91 Å². The molecule has 0 aliphatic heterocycles. The molecule has 0 aliphatic rings. The first kappa shape index (κ1) is 21.1. The van der Waals surface area contributed by atoms with E-state index in [2.05, 4.69) is 15.4 Å². The van der Waals surface area contributed by atoms with Crippen LogP contribution < -0.4 is 15.4 Å². The van der Waals surface area contributed by atoms with Crippen molar-refractivity contribution in [3.05, 3.63) is 95.6 Å². The Hall–Kier alpha value is -3.65. The molecule has 3 N–H and O–H groups in total. The van der Waals surface area contributed by atoms with E-state index in [0.717, 1.165) is 11.8 Å². The first-order chi connectivity index (χ1) is 14.3. The van der Waals surface area contributed by atoms with Crippen LogP contribution in [0.3, 0.4) is 0 Å². The fraction of sp³-hybridized carbons (Fsp3) is 0.0909. The Morgan fingerprint density at radius 3 is 2.10 bits per heavy atom. The Balaban J connectivity index is 1.69. The highest BCUT2D eigenvalue weighted by atomic mass is 32.2. The largest absolute Gasteiger partial charge is 0.348 e. The molecule has 0 aromatic heterocycles. The summed E-state index contributed by atoms with van der Waals surface area (Å²) < 4.78 is 24.9. The Morgan fingerprint density at radius 2 is 1.43 bits per heavy atom. The van der Waals surface area contributed by atoms with Gasteiger partial charge in [-0.2, -0.15) is 0 Å². The molecule has 3 aromatic carbocycles. The van der Waals surface area contributed by atoms with Crippen LogP contribution in [0, 0.1) is 0 Å². The zero-order chi connectivity index (χ0) is 21.6. The lowest BCUT2D eigenvalue weighted by Crippen LogP contribution is -2.24. The lowest BCUT2D eigenvalue weighted by molar-refractivity contribution is 0.0951. The molecule has 154 valence electrons. The molecule has 0 unspecified atom stereocenters. The van der Waals surface area contributed by atoms with Crippen molar-refractivity contribution in [3.63, 3.8) is 0 Å². The van der Waals surface area contributed by atoms with Gasteiger partial charge in [-0.05, 0) is 42.0 Å². The molecule has 0 aliphatic carbocycles. The molecule has 3 rings (SSSR count). The van der Waals surface area contributed by atoms with Gasteiger partial charge in [0, 0.05) is 17.8 Å². The number of para-hydroxylation sites is 1. The summed E-state index contributed by atoms with van der Waals surface area (Å²) in [5.41, 5.74) is 2.38. The van der Waals surface area contributed by atoms with Gasteiger partial charge in [0.15, 0.2) is 0 Å². The van der Waals surface area contributed by atoms with E-state index in [4.69, 9.17) is 0 Å². The zero-order valence-corrected chi connectivity index (χ0v) is 17.1. The van der Waals surface area contributed by atoms with Gasteiger partial charge in [0.25, 0.3) is 11.8 Å². The number of rotatable bonds is 7. The van der Waals surface area contributed by atoms with Crippen molar-refractivity contribution in [2.45, 2.75) is 6.54 Å². The first-order valence-electron chi connectivity index (χ1n) is 9.12. The molecule has 0 bridgehead atoms.